The van der Waals surface area contributed by atoms with Crippen LogP contribution in [0.2, 0.25) is 0 Å². The fourth-order valence-corrected chi connectivity index (χ4v) is 2.39. The van der Waals surface area contributed by atoms with Crippen molar-refractivity contribution >= 4 is 16.7 Å². The van der Waals surface area contributed by atoms with Gasteiger partial charge in [-0.1, -0.05) is 0 Å². The van der Waals surface area contributed by atoms with E-state index in [1.165, 1.54) is 12.1 Å². The van der Waals surface area contributed by atoms with Crippen LogP contribution in [0.5, 0.6) is 0 Å². The number of hydrogen-bond donors (Lipinski definition) is 1. The SMILES string of the molecule is CC(C)n1c(-c2ccncc2N)nc2cc(F)ccc21. The molecule has 4 nitrogen and oxygen atoms in total. The van der Waals surface area contributed by atoms with E-state index in [9.17, 15) is 4.39 Å². The lowest BCUT2D eigenvalue weighted by molar-refractivity contribution is 0.620. The van der Waals surface area contributed by atoms with Crippen LogP contribution in [-0.4, -0.2) is 14.5 Å². The van der Waals surface area contributed by atoms with Crippen LogP contribution < -0.4 is 5.73 Å². The number of halogens is 1. The standard InChI is InChI=1S/C15H15FN4/c1-9(2)20-14-4-3-10(16)7-13(14)19-15(20)11-5-6-18-8-12(11)17/h3-9H,17H2,1-2H3. The Morgan fingerprint density at radius 3 is 2.75 bits per heavy atom. The van der Waals surface area contributed by atoms with Gasteiger partial charge in [0, 0.05) is 23.9 Å². The third kappa shape index (κ3) is 1.91. The summed E-state index contributed by atoms with van der Waals surface area (Å²) in [6, 6.07) is 6.65. The van der Waals surface area contributed by atoms with Gasteiger partial charge in [0.2, 0.25) is 0 Å². The number of pyridine rings is 1. The van der Waals surface area contributed by atoms with Gasteiger partial charge in [-0.2, -0.15) is 0 Å². The molecule has 0 amide bonds. The lowest BCUT2D eigenvalue weighted by Crippen LogP contribution is -2.04. The Labute approximate surface area is 116 Å². The molecule has 2 N–H and O–H groups in total. The first-order valence-corrected chi connectivity index (χ1v) is 6.45. The molecule has 3 rings (SSSR count). The molecule has 0 aliphatic carbocycles. The summed E-state index contributed by atoms with van der Waals surface area (Å²) in [4.78, 5) is 8.53. The number of rotatable bonds is 2. The maximum Gasteiger partial charge on any atom is 0.143 e. The quantitative estimate of drug-likeness (QED) is 0.776. The van der Waals surface area contributed by atoms with Gasteiger partial charge in [-0.05, 0) is 32.0 Å². The lowest BCUT2D eigenvalue weighted by Gasteiger charge is -2.14. The number of fused-ring (bicyclic) bond motifs is 1. The van der Waals surface area contributed by atoms with Gasteiger partial charge in [-0.3, -0.25) is 4.98 Å². The molecule has 2 aromatic heterocycles. The molecule has 0 fully saturated rings. The maximum atomic E-state index is 13.4. The molecule has 0 radical (unpaired) electrons. The highest BCUT2D eigenvalue weighted by Crippen LogP contribution is 2.31. The van der Waals surface area contributed by atoms with Crippen molar-refractivity contribution in [3.63, 3.8) is 0 Å². The second-order valence-corrected chi connectivity index (χ2v) is 5.00. The van der Waals surface area contributed by atoms with Crippen LogP contribution in [0.3, 0.4) is 0 Å². The van der Waals surface area contributed by atoms with E-state index >= 15 is 0 Å². The molecule has 0 aliphatic rings. The molecule has 0 bridgehead atoms. The van der Waals surface area contributed by atoms with Crippen LogP contribution in [0.25, 0.3) is 22.4 Å². The Bertz CT molecular complexity index is 777. The van der Waals surface area contributed by atoms with E-state index in [4.69, 9.17) is 5.73 Å². The van der Waals surface area contributed by atoms with E-state index in [1.54, 1.807) is 18.5 Å². The van der Waals surface area contributed by atoms with Crippen molar-refractivity contribution in [1.29, 1.82) is 0 Å². The lowest BCUT2D eigenvalue weighted by atomic mass is 10.2. The van der Waals surface area contributed by atoms with Gasteiger partial charge in [0.25, 0.3) is 0 Å². The number of nitrogens with two attached hydrogens (primary N) is 1. The zero-order chi connectivity index (χ0) is 14.3. The third-order valence-electron chi connectivity index (χ3n) is 3.26. The van der Waals surface area contributed by atoms with Gasteiger partial charge in [-0.15, -0.1) is 0 Å². The van der Waals surface area contributed by atoms with Crippen molar-refractivity contribution in [2.75, 3.05) is 5.73 Å². The third-order valence-corrected chi connectivity index (χ3v) is 3.26. The second-order valence-electron chi connectivity index (χ2n) is 5.00. The maximum absolute atomic E-state index is 13.4. The Hall–Kier alpha value is -2.43. The Morgan fingerprint density at radius 2 is 2.05 bits per heavy atom. The van der Waals surface area contributed by atoms with Crippen LogP contribution >= 0.6 is 0 Å². The van der Waals surface area contributed by atoms with E-state index in [2.05, 4.69) is 28.4 Å². The zero-order valence-electron chi connectivity index (χ0n) is 11.3. The summed E-state index contributed by atoms with van der Waals surface area (Å²) in [7, 11) is 0. The minimum Gasteiger partial charge on any atom is -0.397 e. The first kappa shape index (κ1) is 12.6. The van der Waals surface area contributed by atoms with E-state index in [1.807, 2.05) is 6.07 Å². The van der Waals surface area contributed by atoms with Gasteiger partial charge in [-0.25, -0.2) is 9.37 Å². The number of anilines is 1. The molecule has 3 aromatic rings. The van der Waals surface area contributed by atoms with E-state index < -0.39 is 0 Å². The molecular weight excluding hydrogens is 255 g/mol. The van der Waals surface area contributed by atoms with Gasteiger partial charge < -0.3 is 10.3 Å². The summed E-state index contributed by atoms with van der Waals surface area (Å²) in [5.74, 6) is 0.445. The van der Waals surface area contributed by atoms with Crippen LogP contribution in [0.15, 0.2) is 36.7 Å². The molecule has 0 spiro atoms. The van der Waals surface area contributed by atoms with E-state index in [-0.39, 0.29) is 11.9 Å². The molecule has 0 aliphatic heterocycles. The average molecular weight is 270 g/mol. The largest absolute Gasteiger partial charge is 0.397 e. The highest BCUT2D eigenvalue weighted by molar-refractivity contribution is 5.83. The topological polar surface area (TPSA) is 56.7 Å². The Balaban J connectivity index is 2.35. The van der Waals surface area contributed by atoms with E-state index in [0.29, 0.717) is 11.2 Å². The van der Waals surface area contributed by atoms with E-state index in [0.717, 1.165) is 16.9 Å². The Kier molecular flexibility index (Phi) is 2.89. The second kappa shape index (κ2) is 4.59. The summed E-state index contributed by atoms with van der Waals surface area (Å²) in [6.45, 7) is 4.12. The fourth-order valence-electron chi connectivity index (χ4n) is 2.39. The number of nitrogen functional groups attached to an aromatic ring is 1. The molecule has 0 saturated carbocycles. The van der Waals surface area contributed by atoms with Crippen LogP contribution in [0.4, 0.5) is 10.1 Å². The van der Waals surface area contributed by atoms with Gasteiger partial charge >= 0.3 is 0 Å². The number of aromatic nitrogens is 3. The van der Waals surface area contributed by atoms with Crippen LogP contribution in [0, 0.1) is 5.82 Å². The first-order valence-electron chi connectivity index (χ1n) is 6.45. The molecule has 0 saturated heterocycles. The van der Waals surface area contributed by atoms with Crippen molar-refractivity contribution < 1.29 is 4.39 Å². The van der Waals surface area contributed by atoms with Gasteiger partial charge in [0.15, 0.2) is 0 Å². The minimum absolute atomic E-state index is 0.188. The molecule has 1 aromatic carbocycles. The number of nitrogens with zero attached hydrogens (tertiary/aromatic N) is 3. The highest BCUT2D eigenvalue weighted by atomic mass is 19.1. The summed E-state index contributed by atoms with van der Waals surface area (Å²) >= 11 is 0. The predicted molar refractivity (Wildman–Crippen MR) is 77.7 cm³/mol. The normalized spacial score (nSPS) is 11.4. The van der Waals surface area contributed by atoms with Crippen molar-refractivity contribution in [2.45, 2.75) is 19.9 Å². The summed E-state index contributed by atoms with van der Waals surface area (Å²) in [5, 5.41) is 0. The smallest absolute Gasteiger partial charge is 0.143 e. The molecule has 20 heavy (non-hydrogen) atoms. The summed E-state index contributed by atoms with van der Waals surface area (Å²) in [6.07, 6.45) is 3.27. The molecule has 5 heteroatoms. The van der Waals surface area contributed by atoms with Crippen molar-refractivity contribution in [3.05, 3.63) is 42.5 Å². The van der Waals surface area contributed by atoms with Gasteiger partial charge in [0.05, 0.1) is 22.9 Å². The minimum atomic E-state index is -0.292. The van der Waals surface area contributed by atoms with Crippen LogP contribution in [-0.2, 0) is 0 Å². The van der Waals surface area contributed by atoms with Crippen molar-refractivity contribution in [3.8, 4) is 11.4 Å². The fraction of sp³-hybridized carbons (Fsp3) is 0.200. The molecular formula is C15H15FN4. The van der Waals surface area contributed by atoms with Crippen LogP contribution in [0.1, 0.15) is 19.9 Å². The molecule has 102 valence electrons. The zero-order valence-corrected chi connectivity index (χ0v) is 11.3. The monoisotopic (exact) mass is 270 g/mol. The predicted octanol–water partition coefficient (Wildman–Crippen LogP) is 3.40. The number of benzene rings is 1. The molecule has 2 heterocycles. The highest BCUT2D eigenvalue weighted by Gasteiger charge is 2.16. The summed E-state index contributed by atoms with van der Waals surface area (Å²) < 4.78 is 15.4. The molecule has 0 unspecified atom stereocenters. The van der Waals surface area contributed by atoms with Gasteiger partial charge in [0.1, 0.15) is 11.6 Å². The number of hydrogen-bond acceptors (Lipinski definition) is 3. The Morgan fingerprint density at radius 1 is 1.25 bits per heavy atom. The van der Waals surface area contributed by atoms with Crippen molar-refractivity contribution in [2.24, 2.45) is 0 Å². The summed E-state index contributed by atoms with van der Waals surface area (Å²) in [5.41, 5.74) is 8.88. The number of imidazole rings is 1. The first-order chi connectivity index (χ1) is 9.58. The molecule has 0 atom stereocenters. The average Bonchev–Trinajstić information content (AvgIpc) is 2.77. The van der Waals surface area contributed by atoms with Crippen molar-refractivity contribution in [1.82, 2.24) is 14.5 Å².